The van der Waals surface area contributed by atoms with Crippen LogP contribution in [0.1, 0.15) is 11.7 Å². The molecule has 1 aliphatic heterocycles. The molecule has 1 saturated heterocycles. The van der Waals surface area contributed by atoms with Gasteiger partial charge in [0.15, 0.2) is 0 Å². The predicted molar refractivity (Wildman–Crippen MR) is 41.7 cm³/mol. The fourth-order valence-electron chi connectivity index (χ4n) is 1.11. The summed E-state index contributed by atoms with van der Waals surface area (Å²) in [7, 11) is 0. The highest BCUT2D eigenvalue weighted by atomic mass is 19.1. The topological polar surface area (TPSA) is 55.7 Å². The minimum atomic E-state index is -0.807. The maximum Gasteiger partial charge on any atom is 0.304 e. The average Bonchev–Trinajstić information content (AvgIpc) is 2.85. The van der Waals surface area contributed by atoms with Crippen LogP contribution in [0.3, 0.4) is 0 Å². The molecule has 0 saturated carbocycles. The van der Waals surface area contributed by atoms with Crippen molar-refractivity contribution in [3.05, 3.63) is 39.7 Å². The highest BCUT2D eigenvalue weighted by Crippen LogP contribution is 2.31. The van der Waals surface area contributed by atoms with Gasteiger partial charge in [-0.25, -0.2) is 0 Å². The number of halogens is 1. The minimum Gasteiger partial charge on any atom is -0.368 e. The van der Waals surface area contributed by atoms with E-state index in [1.807, 2.05) is 0 Å². The SMILES string of the molecule is O=[N+]([O-])c1ccc(C2CO2)cc1F. The molecule has 0 aliphatic carbocycles. The van der Waals surface area contributed by atoms with Gasteiger partial charge in [0, 0.05) is 6.07 Å². The van der Waals surface area contributed by atoms with Crippen LogP contribution in [-0.4, -0.2) is 11.5 Å². The van der Waals surface area contributed by atoms with Crippen LogP contribution in [0.5, 0.6) is 0 Å². The van der Waals surface area contributed by atoms with Gasteiger partial charge < -0.3 is 4.74 Å². The number of nitro groups is 1. The van der Waals surface area contributed by atoms with E-state index >= 15 is 0 Å². The number of nitro benzene ring substituents is 1. The maximum absolute atomic E-state index is 13.0. The second-order valence-electron chi connectivity index (χ2n) is 2.79. The van der Waals surface area contributed by atoms with Crippen molar-refractivity contribution in [3.63, 3.8) is 0 Å². The Morgan fingerprint density at radius 1 is 1.62 bits per heavy atom. The van der Waals surface area contributed by atoms with Crippen molar-refractivity contribution in [2.24, 2.45) is 0 Å². The third kappa shape index (κ3) is 1.50. The Balaban J connectivity index is 2.36. The van der Waals surface area contributed by atoms with Gasteiger partial charge in [0.1, 0.15) is 6.10 Å². The van der Waals surface area contributed by atoms with Crippen LogP contribution in [0.25, 0.3) is 0 Å². The van der Waals surface area contributed by atoms with E-state index in [0.717, 1.165) is 12.1 Å². The molecule has 4 nitrogen and oxygen atoms in total. The molecule has 68 valence electrons. The van der Waals surface area contributed by atoms with Crippen molar-refractivity contribution in [2.45, 2.75) is 6.10 Å². The lowest BCUT2D eigenvalue weighted by molar-refractivity contribution is -0.387. The smallest absolute Gasteiger partial charge is 0.304 e. The van der Waals surface area contributed by atoms with E-state index in [9.17, 15) is 14.5 Å². The fourth-order valence-corrected chi connectivity index (χ4v) is 1.11. The van der Waals surface area contributed by atoms with Crippen LogP contribution in [0.4, 0.5) is 10.1 Å². The maximum atomic E-state index is 13.0. The highest BCUT2D eigenvalue weighted by molar-refractivity contribution is 5.36. The summed E-state index contributed by atoms with van der Waals surface area (Å²) in [6.07, 6.45) is -0.0738. The molecule has 0 aromatic heterocycles. The van der Waals surface area contributed by atoms with E-state index in [4.69, 9.17) is 4.74 Å². The Kier molecular flexibility index (Phi) is 1.73. The predicted octanol–water partition coefficient (Wildman–Crippen LogP) is 1.81. The van der Waals surface area contributed by atoms with Gasteiger partial charge in [-0.1, -0.05) is 0 Å². The first-order valence-corrected chi connectivity index (χ1v) is 3.74. The summed E-state index contributed by atoms with van der Waals surface area (Å²) in [4.78, 5) is 9.51. The molecule has 1 aliphatic rings. The molecule has 1 fully saturated rings. The number of benzene rings is 1. The van der Waals surface area contributed by atoms with E-state index in [2.05, 4.69) is 0 Å². The molecule has 0 N–H and O–H groups in total. The van der Waals surface area contributed by atoms with Gasteiger partial charge in [0.2, 0.25) is 5.82 Å². The third-order valence-corrected chi connectivity index (χ3v) is 1.87. The van der Waals surface area contributed by atoms with Crippen LogP contribution in [0.15, 0.2) is 18.2 Å². The van der Waals surface area contributed by atoms with Gasteiger partial charge in [-0.2, -0.15) is 4.39 Å². The molecular formula is C8H6FNO3. The van der Waals surface area contributed by atoms with Crippen molar-refractivity contribution in [1.82, 2.24) is 0 Å². The van der Waals surface area contributed by atoms with Crippen LogP contribution in [0.2, 0.25) is 0 Å². The van der Waals surface area contributed by atoms with E-state index in [1.165, 1.54) is 6.07 Å². The summed E-state index contributed by atoms with van der Waals surface area (Å²) >= 11 is 0. The van der Waals surface area contributed by atoms with Gasteiger partial charge in [0.25, 0.3) is 0 Å². The molecule has 5 heteroatoms. The zero-order valence-electron chi connectivity index (χ0n) is 6.57. The van der Waals surface area contributed by atoms with Crippen LogP contribution < -0.4 is 0 Å². The number of ether oxygens (including phenoxy) is 1. The number of rotatable bonds is 2. The Morgan fingerprint density at radius 3 is 2.77 bits per heavy atom. The fraction of sp³-hybridized carbons (Fsp3) is 0.250. The third-order valence-electron chi connectivity index (χ3n) is 1.87. The zero-order valence-corrected chi connectivity index (χ0v) is 6.57. The summed E-state index contributed by atoms with van der Waals surface area (Å²) in [5.74, 6) is -0.807. The molecule has 13 heavy (non-hydrogen) atoms. The molecule has 0 bridgehead atoms. The van der Waals surface area contributed by atoms with Crippen molar-refractivity contribution < 1.29 is 14.1 Å². The second kappa shape index (κ2) is 2.77. The summed E-state index contributed by atoms with van der Waals surface area (Å²) in [6, 6.07) is 3.82. The average molecular weight is 183 g/mol. The summed E-state index contributed by atoms with van der Waals surface area (Å²) in [6.45, 7) is 0.567. The molecule has 1 heterocycles. The summed E-state index contributed by atoms with van der Waals surface area (Å²) < 4.78 is 17.9. The molecule has 0 radical (unpaired) electrons. The lowest BCUT2D eigenvalue weighted by Gasteiger charge is -1.96. The van der Waals surface area contributed by atoms with Crippen LogP contribution in [-0.2, 0) is 4.74 Å². The highest BCUT2D eigenvalue weighted by Gasteiger charge is 2.26. The van der Waals surface area contributed by atoms with Crippen molar-refractivity contribution >= 4 is 5.69 Å². The first kappa shape index (κ1) is 8.12. The van der Waals surface area contributed by atoms with Gasteiger partial charge in [0.05, 0.1) is 11.5 Å². The van der Waals surface area contributed by atoms with E-state index in [1.54, 1.807) is 0 Å². The Morgan fingerprint density at radius 2 is 2.31 bits per heavy atom. The van der Waals surface area contributed by atoms with Gasteiger partial charge in [-0.3, -0.25) is 10.1 Å². The molecule has 1 atom stereocenters. The first-order chi connectivity index (χ1) is 6.18. The quantitative estimate of drug-likeness (QED) is 0.399. The minimum absolute atomic E-state index is 0.0738. The number of hydrogen-bond donors (Lipinski definition) is 0. The lowest BCUT2D eigenvalue weighted by atomic mass is 10.1. The van der Waals surface area contributed by atoms with Gasteiger partial charge in [-0.15, -0.1) is 0 Å². The Hall–Kier alpha value is -1.49. The van der Waals surface area contributed by atoms with Crippen LogP contribution in [0, 0.1) is 15.9 Å². The standard InChI is InChI=1S/C8H6FNO3/c9-6-3-5(8-4-13-8)1-2-7(6)10(11)12/h1-3,8H,4H2. The van der Waals surface area contributed by atoms with E-state index in [-0.39, 0.29) is 6.10 Å². The Bertz CT molecular complexity index is 362. The molecule has 1 aromatic rings. The van der Waals surface area contributed by atoms with Gasteiger partial charge in [-0.05, 0) is 17.7 Å². The van der Waals surface area contributed by atoms with E-state index in [0.29, 0.717) is 12.2 Å². The molecule has 0 amide bonds. The molecule has 1 aromatic carbocycles. The van der Waals surface area contributed by atoms with E-state index < -0.39 is 16.4 Å². The Labute approximate surface area is 73.1 Å². The lowest BCUT2D eigenvalue weighted by Crippen LogP contribution is -1.93. The van der Waals surface area contributed by atoms with Crippen LogP contribution >= 0.6 is 0 Å². The molecular weight excluding hydrogens is 177 g/mol. The van der Waals surface area contributed by atoms with Crippen molar-refractivity contribution in [3.8, 4) is 0 Å². The molecule has 0 spiro atoms. The number of hydrogen-bond acceptors (Lipinski definition) is 3. The summed E-state index contributed by atoms with van der Waals surface area (Å²) in [5.41, 5.74) is 0.160. The summed E-state index contributed by atoms with van der Waals surface area (Å²) in [5, 5.41) is 10.3. The van der Waals surface area contributed by atoms with Crippen molar-refractivity contribution in [1.29, 1.82) is 0 Å². The number of nitrogens with zero attached hydrogens (tertiary/aromatic N) is 1. The monoisotopic (exact) mass is 183 g/mol. The van der Waals surface area contributed by atoms with Crippen molar-refractivity contribution in [2.75, 3.05) is 6.61 Å². The first-order valence-electron chi connectivity index (χ1n) is 3.74. The normalized spacial score (nSPS) is 19.9. The number of epoxide rings is 1. The van der Waals surface area contributed by atoms with Gasteiger partial charge >= 0.3 is 5.69 Å². The largest absolute Gasteiger partial charge is 0.368 e. The molecule has 2 rings (SSSR count). The molecule has 1 unspecified atom stereocenters. The second-order valence-corrected chi connectivity index (χ2v) is 2.79. The zero-order chi connectivity index (χ0) is 9.42.